The summed E-state index contributed by atoms with van der Waals surface area (Å²) >= 11 is 6.01. The van der Waals surface area contributed by atoms with Crippen LogP contribution in [-0.4, -0.2) is 42.1 Å². The summed E-state index contributed by atoms with van der Waals surface area (Å²) in [6.45, 7) is 3.37. The molecule has 0 aliphatic carbocycles. The van der Waals surface area contributed by atoms with Gasteiger partial charge in [0.1, 0.15) is 11.5 Å². The number of hydrogen-bond acceptors (Lipinski definition) is 4. The van der Waals surface area contributed by atoms with E-state index in [-0.39, 0.29) is 17.7 Å². The van der Waals surface area contributed by atoms with E-state index in [0.29, 0.717) is 29.8 Å². The highest BCUT2D eigenvalue weighted by molar-refractivity contribution is 6.33. The molecule has 1 saturated heterocycles. The van der Waals surface area contributed by atoms with Crippen LogP contribution in [-0.2, 0) is 4.74 Å². The number of rotatable bonds is 2. The number of piperidine rings is 1. The van der Waals surface area contributed by atoms with Crippen molar-refractivity contribution in [2.45, 2.75) is 19.4 Å². The molecule has 0 aromatic carbocycles. The molecule has 2 atom stereocenters. The maximum atomic E-state index is 12.4. The quantitative estimate of drug-likeness (QED) is 0.899. The number of carbonyl (C=O) groups is 1. The molecule has 0 radical (unpaired) electrons. The molecular formula is C13H18ClN3O2. The second-order valence-electron chi connectivity index (χ2n) is 4.86. The second kappa shape index (κ2) is 5.75. The van der Waals surface area contributed by atoms with Crippen molar-refractivity contribution >= 4 is 23.3 Å². The molecule has 1 aliphatic rings. The number of hydrogen-bond donors (Lipinski definition) is 1. The predicted molar refractivity (Wildman–Crippen MR) is 74.1 cm³/mol. The Morgan fingerprint density at radius 2 is 2.32 bits per heavy atom. The fourth-order valence-corrected chi connectivity index (χ4v) is 2.47. The molecular weight excluding hydrogens is 266 g/mol. The number of anilines is 1. The Balaban J connectivity index is 2.18. The molecule has 2 rings (SSSR count). The van der Waals surface area contributed by atoms with Crippen molar-refractivity contribution in [3.05, 3.63) is 22.8 Å². The maximum absolute atomic E-state index is 12.4. The number of carbonyl (C=O) groups excluding carboxylic acids is 1. The fraction of sp³-hybridized carbons (Fsp3) is 0.538. The van der Waals surface area contributed by atoms with Gasteiger partial charge < -0.3 is 15.4 Å². The molecule has 0 saturated carbocycles. The van der Waals surface area contributed by atoms with Gasteiger partial charge in [-0.15, -0.1) is 0 Å². The lowest BCUT2D eigenvalue weighted by molar-refractivity contribution is -0.00176. The third-order valence-electron chi connectivity index (χ3n) is 3.55. The monoisotopic (exact) mass is 283 g/mol. The minimum atomic E-state index is -0.189. The Morgan fingerprint density at radius 3 is 3.00 bits per heavy atom. The number of pyridine rings is 1. The highest BCUT2D eigenvalue weighted by atomic mass is 35.5. The van der Waals surface area contributed by atoms with E-state index in [2.05, 4.69) is 11.9 Å². The summed E-state index contributed by atoms with van der Waals surface area (Å²) in [4.78, 5) is 18.2. The Kier molecular flexibility index (Phi) is 4.27. The van der Waals surface area contributed by atoms with Crippen molar-refractivity contribution in [2.75, 3.05) is 25.9 Å². The Bertz CT molecular complexity index is 481. The number of halogens is 1. The van der Waals surface area contributed by atoms with Gasteiger partial charge in [-0.2, -0.15) is 0 Å². The zero-order valence-corrected chi connectivity index (χ0v) is 11.9. The van der Waals surface area contributed by atoms with Crippen LogP contribution in [0.15, 0.2) is 12.1 Å². The average molecular weight is 284 g/mol. The van der Waals surface area contributed by atoms with Crippen molar-refractivity contribution in [1.82, 2.24) is 9.88 Å². The molecule has 6 heteroatoms. The number of nitrogens with zero attached hydrogens (tertiary/aromatic N) is 2. The Hall–Kier alpha value is -1.33. The van der Waals surface area contributed by atoms with Crippen LogP contribution in [0.3, 0.4) is 0 Å². The maximum Gasteiger partial charge on any atom is 0.274 e. The zero-order valence-electron chi connectivity index (χ0n) is 11.1. The lowest BCUT2D eigenvalue weighted by Gasteiger charge is -2.36. The van der Waals surface area contributed by atoms with Gasteiger partial charge >= 0.3 is 0 Å². The van der Waals surface area contributed by atoms with Gasteiger partial charge in [0.2, 0.25) is 0 Å². The van der Waals surface area contributed by atoms with Gasteiger partial charge in [0, 0.05) is 20.2 Å². The van der Waals surface area contributed by atoms with Crippen molar-refractivity contribution in [2.24, 2.45) is 5.92 Å². The highest BCUT2D eigenvalue weighted by Gasteiger charge is 2.30. The Morgan fingerprint density at radius 1 is 1.58 bits per heavy atom. The van der Waals surface area contributed by atoms with E-state index < -0.39 is 0 Å². The first-order chi connectivity index (χ1) is 9.02. The topological polar surface area (TPSA) is 68.5 Å². The van der Waals surface area contributed by atoms with Gasteiger partial charge in [0.05, 0.1) is 11.1 Å². The van der Waals surface area contributed by atoms with Crippen LogP contribution in [0.1, 0.15) is 23.8 Å². The van der Waals surface area contributed by atoms with Crippen LogP contribution in [0.4, 0.5) is 5.82 Å². The summed E-state index contributed by atoms with van der Waals surface area (Å²) in [6, 6.07) is 3.17. The molecule has 0 spiro atoms. The standard InChI is InChI=1S/C13H18ClN3O2/c1-8-5-6-17(7-10(8)19-2)13(18)12-9(14)3-4-11(15)16-12/h3-4,8,10H,5-7H2,1-2H3,(H2,15,16). The van der Waals surface area contributed by atoms with Crippen LogP contribution in [0.2, 0.25) is 5.02 Å². The molecule has 104 valence electrons. The number of aromatic nitrogens is 1. The summed E-state index contributed by atoms with van der Waals surface area (Å²) < 4.78 is 5.40. The summed E-state index contributed by atoms with van der Waals surface area (Å²) in [7, 11) is 1.67. The van der Waals surface area contributed by atoms with Crippen molar-refractivity contribution in [1.29, 1.82) is 0 Å². The number of ether oxygens (including phenoxy) is 1. The minimum Gasteiger partial charge on any atom is -0.384 e. The van der Waals surface area contributed by atoms with Crippen molar-refractivity contribution in [3.8, 4) is 0 Å². The van der Waals surface area contributed by atoms with Gasteiger partial charge in [-0.05, 0) is 24.5 Å². The average Bonchev–Trinajstić information content (AvgIpc) is 2.41. The number of likely N-dealkylation sites (tertiary alicyclic amines) is 1. The first kappa shape index (κ1) is 14.1. The van der Waals surface area contributed by atoms with Crippen LogP contribution >= 0.6 is 11.6 Å². The molecule has 1 aliphatic heterocycles. The molecule has 2 N–H and O–H groups in total. The third kappa shape index (κ3) is 2.98. The van der Waals surface area contributed by atoms with Gasteiger partial charge in [0.15, 0.2) is 0 Å². The number of nitrogen functional groups attached to an aromatic ring is 1. The van der Waals surface area contributed by atoms with Gasteiger partial charge in [-0.3, -0.25) is 4.79 Å². The van der Waals surface area contributed by atoms with Gasteiger partial charge in [0.25, 0.3) is 5.91 Å². The van der Waals surface area contributed by atoms with E-state index in [0.717, 1.165) is 6.42 Å². The first-order valence-electron chi connectivity index (χ1n) is 6.27. The van der Waals surface area contributed by atoms with Crippen LogP contribution in [0.25, 0.3) is 0 Å². The number of methoxy groups -OCH3 is 1. The molecule has 1 aromatic heterocycles. The Labute approximate surface area is 117 Å². The van der Waals surface area contributed by atoms with E-state index in [1.54, 1.807) is 24.1 Å². The largest absolute Gasteiger partial charge is 0.384 e. The normalized spacial score (nSPS) is 23.4. The number of amides is 1. The van der Waals surface area contributed by atoms with Gasteiger partial charge in [-0.1, -0.05) is 18.5 Å². The third-order valence-corrected chi connectivity index (χ3v) is 3.85. The van der Waals surface area contributed by atoms with Crippen molar-refractivity contribution in [3.63, 3.8) is 0 Å². The van der Waals surface area contributed by atoms with Crippen LogP contribution < -0.4 is 5.73 Å². The molecule has 0 bridgehead atoms. The van der Waals surface area contributed by atoms with E-state index >= 15 is 0 Å². The van der Waals surface area contributed by atoms with E-state index in [9.17, 15) is 4.79 Å². The summed E-state index contributed by atoms with van der Waals surface area (Å²) in [5.41, 5.74) is 5.82. The van der Waals surface area contributed by atoms with Crippen LogP contribution in [0, 0.1) is 5.92 Å². The minimum absolute atomic E-state index is 0.0533. The molecule has 1 amide bonds. The highest BCUT2D eigenvalue weighted by Crippen LogP contribution is 2.23. The van der Waals surface area contributed by atoms with Gasteiger partial charge in [-0.25, -0.2) is 4.98 Å². The van der Waals surface area contributed by atoms with E-state index in [1.807, 2.05) is 0 Å². The smallest absolute Gasteiger partial charge is 0.274 e. The number of nitrogens with two attached hydrogens (primary N) is 1. The molecule has 2 heterocycles. The SMILES string of the molecule is COC1CN(C(=O)c2nc(N)ccc2Cl)CCC1C. The second-order valence-corrected chi connectivity index (χ2v) is 5.27. The molecule has 5 nitrogen and oxygen atoms in total. The van der Waals surface area contributed by atoms with E-state index in [1.165, 1.54) is 0 Å². The lowest BCUT2D eigenvalue weighted by Crippen LogP contribution is -2.46. The summed E-state index contributed by atoms with van der Waals surface area (Å²) in [5, 5.41) is 0.326. The van der Waals surface area contributed by atoms with E-state index in [4.69, 9.17) is 22.1 Å². The molecule has 1 aromatic rings. The molecule has 1 fully saturated rings. The fourth-order valence-electron chi connectivity index (χ4n) is 2.28. The zero-order chi connectivity index (χ0) is 14.0. The van der Waals surface area contributed by atoms with Crippen LogP contribution in [0.5, 0.6) is 0 Å². The summed E-state index contributed by atoms with van der Waals surface area (Å²) in [6.07, 6.45) is 0.960. The summed E-state index contributed by atoms with van der Waals surface area (Å²) in [5.74, 6) is 0.547. The molecule has 19 heavy (non-hydrogen) atoms. The first-order valence-corrected chi connectivity index (χ1v) is 6.64. The van der Waals surface area contributed by atoms with Crippen molar-refractivity contribution < 1.29 is 9.53 Å². The lowest BCUT2D eigenvalue weighted by atomic mass is 9.95. The molecule has 2 unspecified atom stereocenters. The predicted octanol–water partition coefficient (Wildman–Crippen LogP) is 1.81.